The molecule has 0 spiro atoms. The first kappa shape index (κ1) is 12.3. The molecule has 1 aliphatic heterocycles. The van der Waals surface area contributed by atoms with Crippen LogP contribution in [0.3, 0.4) is 0 Å². The van der Waals surface area contributed by atoms with E-state index in [2.05, 4.69) is 17.8 Å². The summed E-state index contributed by atoms with van der Waals surface area (Å²) in [4.78, 5) is 0. The van der Waals surface area contributed by atoms with Gasteiger partial charge in [0.15, 0.2) is 0 Å². The molecule has 1 unspecified atom stereocenters. The van der Waals surface area contributed by atoms with Crippen molar-refractivity contribution in [2.75, 3.05) is 11.5 Å². The largest absolute Gasteiger partial charge is 0.324 e. The Hall–Kier alpha value is -0.180. The van der Waals surface area contributed by atoms with E-state index in [1.54, 1.807) is 0 Å². The zero-order valence-electron chi connectivity index (χ0n) is 9.36. The third-order valence-corrected chi connectivity index (χ3v) is 4.49. The minimum atomic E-state index is 0.145. The van der Waals surface area contributed by atoms with Gasteiger partial charge in [0.1, 0.15) is 0 Å². The topological polar surface area (TPSA) is 26.0 Å². The molecule has 16 heavy (non-hydrogen) atoms. The Morgan fingerprint density at radius 1 is 1.38 bits per heavy atom. The van der Waals surface area contributed by atoms with Crippen LogP contribution in [0.25, 0.3) is 0 Å². The molecular formula is C13H18ClNS. The van der Waals surface area contributed by atoms with Crippen molar-refractivity contribution < 1.29 is 0 Å². The average molecular weight is 256 g/mol. The standard InChI is InChI=1S/C13H18ClNS/c14-12-3-1-2-11(9-12)13(15)8-10-4-6-16-7-5-10/h1-3,9-10,13H,4-8,15H2. The van der Waals surface area contributed by atoms with Crippen LogP contribution < -0.4 is 5.73 Å². The summed E-state index contributed by atoms with van der Waals surface area (Å²) in [6, 6.07) is 8.09. The minimum absolute atomic E-state index is 0.145. The monoisotopic (exact) mass is 255 g/mol. The summed E-state index contributed by atoms with van der Waals surface area (Å²) in [6.45, 7) is 0. The molecule has 2 rings (SSSR count). The van der Waals surface area contributed by atoms with E-state index in [1.165, 1.54) is 29.9 Å². The third kappa shape index (κ3) is 3.41. The predicted octanol–water partition coefficient (Wildman–Crippen LogP) is 3.87. The van der Waals surface area contributed by atoms with Crippen LogP contribution in [0.4, 0.5) is 0 Å². The van der Waals surface area contributed by atoms with Crippen molar-refractivity contribution in [3.8, 4) is 0 Å². The Morgan fingerprint density at radius 3 is 2.81 bits per heavy atom. The van der Waals surface area contributed by atoms with Gasteiger partial charge in [0, 0.05) is 11.1 Å². The second-order valence-corrected chi connectivity index (χ2v) is 6.11. The van der Waals surface area contributed by atoms with Crippen LogP contribution in [0.15, 0.2) is 24.3 Å². The molecule has 0 aliphatic carbocycles. The van der Waals surface area contributed by atoms with Gasteiger partial charge in [0.05, 0.1) is 0 Å². The smallest absolute Gasteiger partial charge is 0.0409 e. The molecule has 1 saturated heterocycles. The van der Waals surface area contributed by atoms with Gasteiger partial charge in [-0.15, -0.1) is 0 Å². The van der Waals surface area contributed by atoms with Crippen molar-refractivity contribution in [3.05, 3.63) is 34.9 Å². The molecule has 1 fully saturated rings. The van der Waals surface area contributed by atoms with Crippen molar-refractivity contribution in [3.63, 3.8) is 0 Å². The molecule has 1 aromatic carbocycles. The average Bonchev–Trinajstić information content (AvgIpc) is 2.30. The molecule has 3 heteroatoms. The normalized spacial score (nSPS) is 19.6. The van der Waals surface area contributed by atoms with Crippen LogP contribution in [0.5, 0.6) is 0 Å². The van der Waals surface area contributed by atoms with Crippen LogP contribution in [-0.4, -0.2) is 11.5 Å². The van der Waals surface area contributed by atoms with E-state index in [4.69, 9.17) is 17.3 Å². The number of thioether (sulfide) groups is 1. The lowest BCUT2D eigenvalue weighted by Crippen LogP contribution is -2.18. The second kappa shape index (κ2) is 5.95. The summed E-state index contributed by atoms with van der Waals surface area (Å²) in [5, 5.41) is 0.784. The number of rotatable bonds is 3. The summed E-state index contributed by atoms with van der Waals surface area (Å²) in [6.07, 6.45) is 3.73. The molecule has 1 aliphatic rings. The van der Waals surface area contributed by atoms with Gasteiger partial charge in [-0.05, 0) is 54.4 Å². The number of halogens is 1. The maximum Gasteiger partial charge on any atom is 0.0409 e. The van der Waals surface area contributed by atoms with E-state index in [0.29, 0.717) is 0 Å². The molecule has 0 amide bonds. The van der Waals surface area contributed by atoms with Crippen LogP contribution >= 0.6 is 23.4 Å². The summed E-state index contributed by atoms with van der Waals surface area (Å²) in [5.74, 6) is 3.40. The van der Waals surface area contributed by atoms with Gasteiger partial charge < -0.3 is 5.73 Å². The van der Waals surface area contributed by atoms with Gasteiger partial charge >= 0.3 is 0 Å². The molecule has 1 atom stereocenters. The van der Waals surface area contributed by atoms with E-state index in [9.17, 15) is 0 Å². The first-order chi connectivity index (χ1) is 7.75. The highest BCUT2D eigenvalue weighted by Crippen LogP contribution is 2.30. The molecule has 2 N–H and O–H groups in total. The van der Waals surface area contributed by atoms with Crippen molar-refractivity contribution in [1.82, 2.24) is 0 Å². The Morgan fingerprint density at radius 2 is 2.12 bits per heavy atom. The fourth-order valence-electron chi connectivity index (χ4n) is 2.21. The number of hydrogen-bond acceptors (Lipinski definition) is 2. The summed E-state index contributed by atoms with van der Waals surface area (Å²) >= 11 is 8.03. The number of hydrogen-bond donors (Lipinski definition) is 1. The highest BCUT2D eigenvalue weighted by Gasteiger charge is 2.17. The molecule has 0 saturated carbocycles. The molecule has 0 radical (unpaired) electrons. The summed E-state index contributed by atoms with van der Waals surface area (Å²) < 4.78 is 0. The summed E-state index contributed by atoms with van der Waals surface area (Å²) in [7, 11) is 0. The number of nitrogens with two attached hydrogens (primary N) is 1. The van der Waals surface area contributed by atoms with Gasteiger partial charge in [0.25, 0.3) is 0 Å². The van der Waals surface area contributed by atoms with Gasteiger partial charge in [0.2, 0.25) is 0 Å². The molecular weight excluding hydrogens is 238 g/mol. The summed E-state index contributed by atoms with van der Waals surface area (Å²) in [5.41, 5.74) is 7.40. The fraction of sp³-hybridized carbons (Fsp3) is 0.538. The zero-order chi connectivity index (χ0) is 11.4. The first-order valence-electron chi connectivity index (χ1n) is 5.84. The highest BCUT2D eigenvalue weighted by atomic mass is 35.5. The van der Waals surface area contributed by atoms with E-state index >= 15 is 0 Å². The van der Waals surface area contributed by atoms with Crippen LogP contribution in [-0.2, 0) is 0 Å². The Bertz CT molecular complexity index is 336. The van der Waals surface area contributed by atoms with Crippen molar-refractivity contribution in [1.29, 1.82) is 0 Å². The van der Waals surface area contributed by atoms with Gasteiger partial charge in [-0.1, -0.05) is 23.7 Å². The van der Waals surface area contributed by atoms with E-state index in [1.807, 2.05) is 18.2 Å². The Kier molecular flexibility index (Phi) is 4.56. The van der Waals surface area contributed by atoms with Crippen molar-refractivity contribution >= 4 is 23.4 Å². The minimum Gasteiger partial charge on any atom is -0.324 e. The van der Waals surface area contributed by atoms with Gasteiger partial charge in [-0.2, -0.15) is 11.8 Å². The van der Waals surface area contributed by atoms with Crippen LogP contribution in [0.1, 0.15) is 30.9 Å². The molecule has 0 aromatic heterocycles. The maximum absolute atomic E-state index is 6.23. The lowest BCUT2D eigenvalue weighted by molar-refractivity contribution is 0.413. The predicted molar refractivity (Wildman–Crippen MR) is 73.0 cm³/mol. The molecule has 1 aromatic rings. The molecule has 0 bridgehead atoms. The molecule has 1 nitrogen and oxygen atoms in total. The van der Waals surface area contributed by atoms with Crippen molar-refractivity contribution in [2.24, 2.45) is 11.7 Å². The fourth-order valence-corrected chi connectivity index (χ4v) is 3.62. The van der Waals surface area contributed by atoms with Gasteiger partial charge in [-0.25, -0.2) is 0 Å². The van der Waals surface area contributed by atoms with E-state index in [0.717, 1.165) is 17.4 Å². The third-order valence-electron chi connectivity index (χ3n) is 3.20. The van der Waals surface area contributed by atoms with Gasteiger partial charge in [-0.3, -0.25) is 0 Å². The zero-order valence-corrected chi connectivity index (χ0v) is 10.9. The van der Waals surface area contributed by atoms with E-state index < -0.39 is 0 Å². The second-order valence-electron chi connectivity index (χ2n) is 4.45. The highest BCUT2D eigenvalue weighted by molar-refractivity contribution is 7.99. The quantitative estimate of drug-likeness (QED) is 0.887. The van der Waals surface area contributed by atoms with Crippen LogP contribution in [0.2, 0.25) is 5.02 Å². The Balaban J connectivity index is 1.94. The SMILES string of the molecule is NC(CC1CCSCC1)c1cccc(Cl)c1. The van der Waals surface area contributed by atoms with Crippen LogP contribution in [0, 0.1) is 5.92 Å². The number of benzene rings is 1. The molecule has 88 valence electrons. The maximum atomic E-state index is 6.23. The molecule has 1 heterocycles. The van der Waals surface area contributed by atoms with E-state index in [-0.39, 0.29) is 6.04 Å². The van der Waals surface area contributed by atoms with Crippen molar-refractivity contribution in [2.45, 2.75) is 25.3 Å². The first-order valence-corrected chi connectivity index (χ1v) is 7.38. The lowest BCUT2D eigenvalue weighted by atomic mass is 9.91. The Labute approximate surface area is 107 Å². The lowest BCUT2D eigenvalue weighted by Gasteiger charge is -2.24.